The number of hydrogen-bond acceptors (Lipinski definition) is 5. The lowest BCUT2D eigenvalue weighted by Crippen LogP contribution is -2.26. The van der Waals surface area contributed by atoms with Crippen LogP contribution in [0.1, 0.15) is 45.4 Å². The van der Waals surface area contributed by atoms with Crippen molar-refractivity contribution in [1.82, 2.24) is 15.3 Å². The first-order valence-corrected chi connectivity index (χ1v) is 8.37. The highest BCUT2D eigenvalue weighted by Gasteiger charge is 2.19. The van der Waals surface area contributed by atoms with Gasteiger partial charge in [0.15, 0.2) is 5.13 Å². The van der Waals surface area contributed by atoms with Crippen molar-refractivity contribution in [2.75, 3.05) is 18.4 Å². The van der Waals surface area contributed by atoms with Crippen LogP contribution < -0.4 is 10.6 Å². The van der Waals surface area contributed by atoms with Gasteiger partial charge in [-0.2, -0.15) is 0 Å². The fourth-order valence-electron chi connectivity index (χ4n) is 2.73. The molecule has 0 saturated carbocycles. The van der Waals surface area contributed by atoms with E-state index in [0.717, 1.165) is 37.3 Å². The summed E-state index contributed by atoms with van der Waals surface area (Å²) >= 11 is 1.58. The first kappa shape index (κ1) is 17.8. The van der Waals surface area contributed by atoms with Gasteiger partial charge >= 0.3 is 0 Å². The monoisotopic (exact) mass is 352 g/mol. The SMILES string of the molecule is Cc1ccc(C(=O)Nc2ncc(C3CCNCC3)s2)c(C)n1.Cl. The summed E-state index contributed by atoms with van der Waals surface area (Å²) in [5, 5.41) is 6.92. The summed E-state index contributed by atoms with van der Waals surface area (Å²) in [5.41, 5.74) is 2.26. The predicted octanol–water partition coefficient (Wildman–Crippen LogP) is 3.30. The van der Waals surface area contributed by atoms with E-state index in [9.17, 15) is 4.79 Å². The lowest BCUT2D eigenvalue weighted by molar-refractivity contribution is 0.102. The van der Waals surface area contributed by atoms with Gasteiger partial charge in [-0.1, -0.05) is 0 Å². The highest BCUT2D eigenvalue weighted by Crippen LogP contribution is 2.31. The molecule has 2 aromatic rings. The van der Waals surface area contributed by atoms with Crippen molar-refractivity contribution in [3.05, 3.63) is 40.2 Å². The molecular formula is C16H21ClN4OS. The zero-order valence-corrected chi connectivity index (χ0v) is 14.9. The first-order chi connectivity index (χ1) is 10.6. The fourth-order valence-corrected chi connectivity index (χ4v) is 3.71. The molecule has 0 aliphatic carbocycles. The van der Waals surface area contributed by atoms with Crippen LogP contribution in [-0.2, 0) is 0 Å². The molecule has 1 fully saturated rings. The standard InChI is InChI=1S/C16H20N4OS.ClH/c1-10-3-4-13(11(2)19-10)15(21)20-16-18-9-14(22-16)12-5-7-17-8-6-12;/h3-4,9,12,17H,5-8H2,1-2H3,(H,18,20,21);1H. The van der Waals surface area contributed by atoms with Gasteiger partial charge in [0.2, 0.25) is 0 Å². The van der Waals surface area contributed by atoms with Gasteiger partial charge in [0.05, 0.1) is 11.3 Å². The Kier molecular flexibility index (Phi) is 6.10. The number of amides is 1. The Morgan fingerprint density at radius 2 is 2.04 bits per heavy atom. The molecule has 124 valence electrons. The Hall–Kier alpha value is -1.50. The number of hydrogen-bond donors (Lipinski definition) is 2. The number of pyridine rings is 1. The molecule has 0 bridgehead atoms. The van der Waals surface area contributed by atoms with Crippen LogP contribution in [-0.4, -0.2) is 29.0 Å². The molecule has 1 aliphatic rings. The van der Waals surface area contributed by atoms with Crippen LogP contribution in [0.3, 0.4) is 0 Å². The molecule has 2 N–H and O–H groups in total. The third kappa shape index (κ3) is 4.28. The molecule has 23 heavy (non-hydrogen) atoms. The average Bonchev–Trinajstić information content (AvgIpc) is 2.96. The van der Waals surface area contributed by atoms with E-state index in [1.54, 1.807) is 11.3 Å². The molecule has 1 amide bonds. The zero-order chi connectivity index (χ0) is 15.5. The van der Waals surface area contributed by atoms with Gasteiger partial charge in [0.1, 0.15) is 0 Å². The minimum atomic E-state index is -0.142. The van der Waals surface area contributed by atoms with E-state index in [-0.39, 0.29) is 18.3 Å². The van der Waals surface area contributed by atoms with Gasteiger partial charge in [0, 0.05) is 16.8 Å². The minimum Gasteiger partial charge on any atom is -0.317 e. The number of rotatable bonds is 3. The number of aryl methyl sites for hydroxylation is 2. The molecule has 1 aliphatic heterocycles. The van der Waals surface area contributed by atoms with E-state index >= 15 is 0 Å². The van der Waals surface area contributed by atoms with E-state index in [4.69, 9.17) is 0 Å². The molecule has 5 nitrogen and oxygen atoms in total. The minimum absolute atomic E-state index is 0. The topological polar surface area (TPSA) is 66.9 Å². The summed E-state index contributed by atoms with van der Waals surface area (Å²) in [6, 6.07) is 3.67. The van der Waals surface area contributed by atoms with Crippen LogP contribution >= 0.6 is 23.7 Å². The number of aromatic nitrogens is 2. The molecule has 0 unspecified atom stereocenters. The Morgan fingerprint density at radius 3 is 2.74 bits per heavy atom. The van der Waals surface area contributed by atoms with Crippen LogP contribution in [0.4, 0.5) is 5.13 Å². The van der Waals surface area contributed by atoms with Crippen LogP contribution in [0, 0.1) is 13.8 Å². The number of nitrogens with one attached hydrogen (secondary N) is 2. The number of carbonyl (C=O) groups excluding carboxylic acids is 1. The van der Waals surface area contributed by atoms with Crippen LogP contribution in [0.2, 0.25) is 0 Å². The second-order valence-electron chi connectivity index (χ2n) is 5.63. The molecule has 3 heterocycles. The van der Waals surface area contributed by atoms with Crippen molar-refractivity contribution < 1.29 is 4.79 Å². The normalized spacial score (nSPS) is 15.0. The third-order valence-corrected chi connectivity index (χ3v) is 5.03. The van der Waals surface area contributed by atoms with Crippen molar-refractivity contribution in [2.24, 2.45) is 0 Å². The van der Waals surface area contributed by atoms with Gasteiger partial charge in [-0.05, 0) is 57.8 Å². The number of piperidine rings is 1. The molecular weight excluding hydrogens is 332 g/mol. The second-order valence-corrected chi connectivity index (χ2v) is 6.69. The maximum Gasteiger partial charge on any atom is 0.259 e. The van der Waals surface area contributed by atoms with Crippen molar-refractivity contribution in [3.8, 4) is 0 Å². The zero-order valence-electron chi connectivity index (χ0n) is 13.3. The van der Waals surface area contributed by atoms with Crippen molar-refractivity contribution in [3.63, 3.8) is 0 Å². The van der Waals surface area contributed by atoms with E-state index in [0.29, 0.717) is 16.6 Å². The third-order valence-electron chi connectivity index (χ3n) is 3.96. The summed E-state index contributed by atoms with van der Waals surface area (Å²) in [5.74, 6) is 0.420. The Labute approximate surface area is 146 Å². The molecule has 0 spiro atoms. The number of anilines is 1. The largest absolute Gasteiger partial charge is 0.317 e. The highest BCUT2D eigenvalue weighted by atomic mass is 35.5. The Bertz CT molecular complexity index is 682. The second kappa shape index (κ2) is 7.86. The number of nitrogens with zero attached hydrogens (tertiary/aromatic N) is 2. The Morgan fingerprint density at radius 1 is 1.30 bits per heavy atom. The lowest BCUT2D eigenvalue weighted by Gasteiger charge is -2.20. The van der Waals surface area contributed by atoms with Gasteiger partial charge in [-0.15, -0.1) is 23.7 Å². The van der Waals surface area contributed by atoms with E-state index in [1.807, 2.05) is 32.2 Å². The van der Waals surface area contributed by atoms with Gasteiger partial charge in [-0.3, -0.25) is 15.1 Å². The molecule has 0 aromatic carbocycles. The van der Waals surface area contributed by atoms with Crippen molar-refractivity contribution in [1.29, 1.82) is 0 Å². The molecule has 7 heteroatoms. The maximum absolute atomic E-state index is 12.3. The van der Waals surface area contributed by atoms with Crippen molar-refractivity contribution >= 4 is 34.8 Å². The highest BCUT2D eigenvalue weighted by molar-refractivity contribution is 7.15. The summed E-state index contributed by atoms with van der Waals surface area (Å²) in [4.78, 5) is 22.3. The van der Waals surface area contributed by atoms with E-state index in [1.165, 1.54) is 4.88 Å². The Balaban J connectivity index is 0.00000192. The smallest absolute Gasteiger partial charge is 0.259 e. The van der Waals surface area contributed by atoms with Gasteiger partial charge in [-0.25, -0.2) is 4.98 Å². The van der Waals surface area contributed by atoms with Crippen LogP contribution in [0.15, 0.2) is 18.3 Å². The average molecular weight is 353 g/mol. The lowest BCUT2D eigenvalue weighted by atomic mass is 9.97. The summed E-state index contributed by atoms with van der Waals surface area (Å²) in [7, 11) is 0. The van der Waals surface area contributed by atoms with E-state index < -0.39 is 0 Å². The fraction of sp³-hybridized carbons (Fsp3) is 0.438. The molecule has 2 aromatic heterocycles. The number of halogens is 1. The van der Waals surface area contributed by atoms with Crippen molar-refractivity contribution in [2.45, 2.75) is 32.6 Å². The summed E-state index contributed by atoms with van der Waals surface area (Å²) < 4.78 is 0. The number of carbonyl (C=O) groups is 1. The maximum atomic E-state index is 12.3. The first-order valence-electron chi connectivity index (χ1n) is 7.55. The molecule has 3 rings (SSSR count). The quantitative estimate of drug-likeness (QED) is 0.889. The molecule has 0 radical (unpaired) electrons. The molecule has 0 atom stereocenters. The van der Waals surface area contributed by atoms with Gasteiger partial charge < -0.3 is 5.32 Å². The summed E-state index contributed by atoms with van der Waals surface area (Å²) in [6.07, 6.45) is 4.17. The molecule has 1 saturated heterocycles. The van der Waals surface area contributed by atoms with E-state index in [2.05, 4.69) is 20.6 Å². The number of thiazole rings is 1. The van der Waals surface area contributed by atoms with Gasteiger partial charge in [0.25, 0.3) is 5.91 Å². The predicted molar refractivity (Wildman–Crippen MR) is 95.9 cm³/mol. The van der Waals surface area contributed by atoms with Crippen LogP contribution in [0.5, 0.6) is 0 Å². The summed E-state index contributed by atoms with van der Waals surface area (Å²) in [6.45, 7) is 5.88. The van der Waals surface area contributed by atoms with Crippen LogP contribution in [0.25, 0.3) is 0 Å².